The van der Waals surface area contributed by atoms with Gasteiger partial charge in [0, 0.05) is 32.6 Å². The van der Waals surface area contributed by atoms with Gasteiger partial charge >= 0.3 is 0 Å². The molecule has 1 heterocycles. The van der Waals surface area contributed by atoms with Crippen molar-refractivity contribution in [1.29, 1.82) is 0 Å². The van der Waals surface area contributed by atoms with E-state index in [-0.39, 0.29) is 12.3 Å². The summed E-state index contributed by atoms with van der Waals surface area (Å²) in [6.07, 6.45) is 3.15. The van der Waals surface area contributed by atoms with Crippen LogP contribution in [0.4, 0.5) is 11.4 Å². The first-order valence-electron chi connectivity index (χ1n) is 8.79. The molecule has 1 aliphatic heterocycles. The molecule has 0 atom stereocenters. The van der Waals surface area contributed by atoms with E-state index in [0.29, 0.717) is 24.5 Å². The van der Waals surface area contributed by atoms with Crippen LogP contribution in [0.5, 0.6) is 0 Å². The Bertz CT molecular complexity index is 788. The second-order valence-electron chi connectivity index (χ2n) is 6.34. The van der Waals surface area contributed by atoms with Crippen LogP contribution in [-0.4, -0.2) is 32.1 Å². The van der Waals surface area contributed by atoms with Crippen molar-refractivity contribution in [1.82, 2.24) is 5.32 Å². The maximum absolute atomic E-state index is 11.9. The van der Waals surface area contributed by atoms with Crippen molar-refractivity contribution in [3.8, 4) is 0 Å². The van der Waals surface area contributed by atoms with E-state index >= 15 is 0 Å². The molecular weight excluding hydrogens is 318 g/mol. The Morgan fingerprint density at radius 2 is 1.72 bits per heavy atom. The Balaban J connectivity index is 1.41. The topological polar surface area (TPSA) is 78.5 Å². The lowest BCUT2D eigenvalue weighted by atomic mass is 10.1. The molecule has 3 rings (SSSR count). The molecule has 0 saturated carbocycles. The number of anilines is 2. The molecule has 2 aromatic carbocycles. The van der Waals surface area contributed by atoms with Gasteiger partial charge in [-0.05, 0) is 24.8 Å². The zero-order valence-electron chi connectivity index (χ0n) is 14.2. The van der Waals surface area contributed by atoms with Crippen molar-refractivity contribution in [2.45, 2.75) is 25.7 Å². The predicted octanol–water partition coefficient (Wildman–Crippen LogP) is 1.04. The molecule has 6 heteroatoms. The number of nitrogens with zero attached hydrogens (tertiary/aromatic N) is 1. The Morgan fingerprint density at radius 1 is 1.00 bits per heavy atom. The number of benzene rings is 1. The SMILES string of the molecule is O=C(CCNc1c(N2CCCC2)c(=O)c1=O)NCCc1ccccc1. The van der Waals surface area contributed by atoms with Crippen molar-refractivity contribution >= 4 is 17.3 Å². The fourth-order valence-electron chi connectivity index (χ4n) is 3.17. The highest BCUT2D eigenvalue weighted by atomic mass is 16.2. The van der Waals surface area contributed by atoms with Gasteiger partial charge in [0.1, 0.15) is 11.4 Å². The smallest absolute Gasteiger partial charge is 0.253 e. The van der Waals surface area contributed by atoms with E-state index in [1.807, 2.05) is 35.2 Å². The highest BCUT2D eigenvalue weighted by Crippen LogP contribution is 2.23. The van der Waals surface area contributed by atoms with Crippen LogP contribution in [-0.2, 0) is 11.2 Å². The molecule has 0 radical (unpaired) electrons. The van der Waals surface area contributed by atoms with Crippen LogP contribution in [0.25, 0.3) is 0 Å². The summed E-state index contributed by atoms with van der Waals surface area (Å²) in [6, 6.07) is 9.97. The third-order valence-electron chi connectivity index (χ3n) is 4.54. The number of carbonyl (C=O) groups is 1. The number of nitrogens with one attached hydrogen (secondary N) is 2. The van der Waals surface area contributed by atoms with Crippen molar-refractivity contribution in [3.63, 3.8) is 0 Å². The third kappa shape index (κ3) is 4.07. The maximum atomic E-state index is 11.9. The lowest BCUT2D eigenvalue weighted by Crippen LogP contribution is -2.42. The van der Waals surface area contributed by atoms with Crippen LogP contribution in [0.3, 0.4) is 0 Å². The fraction of sp³-hybridized carbons (Fsp3) is 0.421. The minimum atomic E-state index is -0.466. The van der Waals surface area contributed by atoms with Crippen LogP contribution in [0.1, 0.15) is 24.8 Å². The second kappa shape index (κ2) is 7.96. The van der Waals surface area contributed by atoms with Gasteiger partial charge in [0.15, 0.2) is 0 Å². The van der Waals surface area contributed by atoms with Crippen molar-refractivity contribution in [3.05, 3.63) is 56.3 Å². The van der Waals surface area contributed by atoms with E-state index in [9.17, 15) is 14.4 Å². The van der Waals surface area contributed by atoms with Crippen LogP contribution < -0.4 is 26.4 Å². The lowest BCUT2D eigenvalue weighted by Gasteiger charge is -2.22. The van der Waals surface area contributed by atoms with E-state index in [4.69, 9.17) is 0 Å². The molecule has 0 bridgehead atoms. The van der Waals surface area contributed by atoms with Gasteiger partial charge in [-0.25, -0.2) is 0 Å². The number of carbonyl (C=O) groups excluding carboxylic acids is 1. The molecule has 1 fully saturated rings. The van der Waals surface area contributed by atoms with Gasteiger partial charge in [0.25, 0.3) is 10.9 Å². The van der Waals surface area contributed by atoms with E-state index in [0.717, 1.165) is 32.4 Å². The molecule has 1 amide bonds. The van der Waals surface area contributed by atoms with Gasteiger partial charge in [-0.2, -0.15) is 0 Å². The third-order valence-corrected chi connectivity index (χ3v) is 4.54. The summed E-state index contributed by atoms with van der Waals surface area (Å²) in [5.41, 5.74) is 1.19. The van der Waals surface area contributed by atoms with E-state index in [1.165, 1.54) is 5.56 Å². The van der Waals surface area contributed by atoms with Crippen molar-refractivity contribution in [2.75, 3.05) is 36.4 Å². The van der Waals surface area contributed by atoms with Gasteiger partial charge in [-0.15, -0.1) is 0 Å². The van der Waals surface area contributed by atoms with Crippen LogP contribution in [0.15, 0.2) is 39.9 Å². The zero-order valence-corrected chi connectivity index (χ0v) is 14.2. The van der Waals surface area contributed by atoms with E-state index in [1.54, 1.807) is 0 Å². The summed E-state index contributed by atoms with van der Waals surface area (Å²) in [5, 5.41) is 5.84. The van der Waals surface area contributed by atoms with Crippen LogP contribution >= 0.6 is 0 Å². The Kier molecular flexibility index (Phi) is 5.48. The minimum Gasteiger partial charge on any atom is -0.379 e. The normalized spacial score (nSPS) is 14.0. The molecule has 0 aliphatic carbocycles. The molecule has 25 heavy (non-hydrogen) atoms. The highest BCUT2D eigenvalue weighted by molar-refractivity contribution is 5.78. The molecule has 1 saturated heterocycles. The molecule has 1 aliphatic rings. The molecule has 0 unspecified atom stereocenters. The van der Waals surface area contributed by atoms with E-state index in [2.05, 4.69) is 10.6 Å². The van der Waals surface area contributed by atoms with Gasteiger partial charge in [-0.1, -0.05) is 30.3 Å². The van der Waals surface area contributed by atoms with Crippen molar-refractivity contribution in [2.24, 2.45) is 0 Å². The highest BCUT2D eigenvalue weighted by Gasteiger charge is 2.27. The average molecular weight is 341 g/mol. The van der Waals surface area contributed by atoms with Gasteiger partial charge in [0.2, 0.25) is 5.91 Å². The summed E-state index contributed by atoms with van der Waals surface area (Å²) in [7, 11) is 0. The van der Waals surface area contributed by atoms with Gasteiger partial charge < -0.3 is 15.5 Å². The van der Waals surface area contributed by atoms with Crippen LogP contribution in [0.2, 0.25) is 0 Å². The number of hydrogen-bond donors (Lipinski definition) is 2. The maximum Gasteiger partial charge on any atom is 0.253 e. The fourth-order valence-corrected chi connectivity index (χ4v) is 3.17. The minimum absolute atomic E-state index is 0.0650. The van der Waals surface area contributed by atoms with Gasteiger partial charge in [-0.3, -0.25) is 14.4 Å². The summed E-state index contributed by atoms with van der Waals surface area (Å²) in [6.45, 7) is 2.57. The quantitative estimate of drug-likeness (QED) is 0.702. The Labute approximate surface area is 146 Å². The zero-order chi connectivity index (χ0) is 17.6. The molecule has 2 N–H and O–H groups in total. The first-order valence-corrected chi connectivity index (χ1v) is 8.79. The molecular formula is C19H23N3O3. The van der Waals surface area contributed by atoms with E-state index < -0.39 is 10.9 Å². The second-order valence-corrected chi connectivity index (χ2v) is 6.34. The monoisotopic (exact) mass is 341 g/mol. The number of hydrogen-bond acceptors (Lipinski definition) is 5. The lowest BCUT2D eigenvalue weighted by molar-refractivity contribution is -0.120. The summed E-state index contributed by atoms with van der Waals surface area (Å²) >= 11 is 0. The Morgan fingerprint density at radius 3 is 2.44 bits per heavy atom. The molecule has 132 valence electrons. The predicted molar refractivity (Wildman–Crippen MR) is 99.1 cm³/mol. The van der Waals surface area contributed by atoms with Crippen LogP contribution in [0, 0.1) is 0 Å². The summed E-state index contributed by atoms with van der Waals surface area (Å²) < 4.78 is 0. The number of amides is 1. The standard InChI is InChI=1S/C19H23N3O3/c23-15(20-10-8-14-6-2-1-3-7-14)9-11-21-16-17(19(25)18(16)24)22-12-4-5-13-22/h1-3,6-7,21H,4-5,8-13H2,(H,20,23). The first-order chi connectivity index (χ1) is 12.2. The summed E-state index contributed by atoms with van der Waals surface area (Å²) in [5.74, 6) is -0.0650. The Hall–Kier alpha value is -2.63. The van der Waals surface area contributed by atoms with Crippen molar-refractivity contribution < 1.29 is 4.79 Å². The molecule has 2 aromatic rings. The van der Waals surface area contributed by atoms with Gasteiger partial charge in [0.05, 0.1) is 0 Å². The average Bonchev–Trinajstić information content (AvgIpc) is 3.15. The first kappa shape index (κ1) is 17.2. The molecule has 6 nitrogen and oxygen atoms in total. The number of rotatable bonds is 8. The molecule has 0 aromatic heterocycles. The summed E-state index contributed by atoms with van der Waals surface area (Å²) in [4.78, 5) is 37.3. The molecule has 0 spiro atoms. The largest absolute Gasteiger partial charge is 0.379 e.